The minimum Gasteiger partial charge on any atom is -0.481 e. The Kier molecular flexibility index (Phi) is 12.5. The first-order valence-electron chi connectivity index (χ1n) is 1.85. The molecule has 0 heterocycles. The van der Waals surface area contributed by atoms with Crippen LogP contribution in [0.4, 0.5) is 0 Å². The Labute approximate surface area is 50.6 Å². The van der Waals surface area contributed by atoms with E-state index in [1.54, 1.807) is 0 Å². The van der Waals surface area contributed by atoms with E-state index in [4.69, 9.17) is 14.7 Å². The van der Waals surface area contributed by atoms with E-state index in [9.17, 15) is 0 Å². The molecule has 0 aromatic carbocycles. The van der Waals surface area contributed by atoms with Crippen LogP contribution in [0.25, 0.3) is 0 Å². The molecule has 0 aliphatic heterocycles. The first-order chi connectivity index (χ1) is 3.65. The molecular weight excluding hydrogens is 124 g/mol. The van der Waals surface area contributed by atoms with E-state index in [1.807, 2.05) is 0 Å². The summed E-state index contributed by atoms with van der Waals surface area (Å²) in [5, 5.41) is 7.42. The summed E-state index contributed by atoms with van der Waals surface area (Å²) in [6.07, 6.45) is 0. The third-order valence-corrected chi connectivity index (χ3v) is 0.274. The molecule has 0 bridgehead atoms. The quantitative estimate of drug-likeness (QED) is 0.487. The number of rotatable bonds is 1. The Morgan fingerprint density at radius 3 is 2.00 bits per heavy atom. The Bertz CT molecular complexity index is 67.7. The molecule has 8 heavy (non-hydrogen) atoms. The molecule has 0 aromatic rings. The molecule has 0 atom stereocenters. The second kappa shape index (κ2) is 9.63. The largest absolute Gasteiger partial charge is 0.481 e. The van der Waals surface area contributed by atoms with Crippen LogP contribution in [0.3, 0.4) is 0 Å². The second-order valence-electron chi connectivity index (χ2n) is 0.852. The van der Waals surface area contributed by atoms with Crippen molar-refractivity contribution in [3.05, 3.63) is 12.3 Å². The summed E-state index contributed by atoms with van der Waals surface area (Å²) < 4.78 is 0. The third-order valence-electron chi connectivity index (χ3n) is 0.0913. The predicted molar refractivity (Wildman–Crippen MR) is 31.5 cm³/mol. The highest BCUT2D eigenvalue weighted by atomic mass is 28.2. The summed E-state index contributed by atoms with van der Waals surface area (Å²) in [5.74, 6) is -0.833. The molecule has 0 aliphatic carbocycles. The van der Waals surface area contributed by atoms with Crippen molar-refractivity contribution < 1.29 is 14.7 Å². The zero-order valence-corrected chi connectivity index (χ0v) is 5.59. The van der Waals surface area contributed by atoms with Crippen molar-refractivity contribution in [2.24, 2.45) is 0 Å². The standard InChI is InChI=1S/C2H4O2.C2H4OSi/c1-2(3)4;1-2-4-3/h1H3,(H,3,4);2-3H,1H2. The number of carbonyl (C=O) groups is 1. The van der Waals surface area contributed by atoms with Crippen LogP contribution in [0.15, 0.2) is 12.3 Å². The lowest BCUT2D eigenvalue weighted by atomic mass is 10.9. The maximum Gasteiger partial charge on any atom is 0.300 e. The number of carboxylic acids is 1. The zero-order valence-electron chi connectivity index (χ0n) is 4.59. The fraction of sp³-hybridized carbons (Fsp3) is 0.250. The van der Waals surface area contributed by atoms with Crippen LogP contribution in [-0.4, -0.2) is 25.6 Å². The molecule has 46 valence electrons. The summed E-state index contributed by atoms with van der Waals surface area (Å²) in [7, 11) is -0.0957. The highest BCUT2D eigenvalue weighted by molar-refractivity contribution is 6.32. The number of aliphatic carboxylic acids is 1. The Morgan fingerprint density at radius 1 is 1.88 bits per heavy atom. The minimum atomic E-state index is -0.833. The van der Waals surface area contributed by atoms with Crippen molar-refractivity contribution in [2.75, 3.05) is 0 Å². The molecule has 0 amide bonds. The topological polar surface area (TPSA) is 57.5 Å². The second-order valence-corrected chi connectivity index (χ2v) is 1.52. The molecular formula is C4H8O3Si. The van der Waals surface area contributed by atoms with E-state index in [-0.39, 0.29) is 9.76 Å². The van der Waals surface area contributed by atoms with Gasteiger partial charge in [-0.15, -0.1) is 6.58 Å². The third kappa shape index (κ3) is 693. The molecule has 0 saturated carbocycles. The fourth-order valence-electron chi connectivity index (χ4n) is 0. The van der Waals surface area contributed by atoms with Crippen molar-refractivity contribution in [3.63, 3.8) is 0 Å². The van der Waals surface area contributed by atoms with Gasteiger partial charge in [-0.3, -0.25) is 4.79 Å². The first-order valence-corrected chi connectivity index (χ1v) is 2.87. The molecule has 0 fully saturated rings. The molecule has 3 nitrogen and oxygen atoms in total. The van der Waals surface area contributed by atoms with Crippen LogP contribution in [0.5, 0.6) is 0 Å². The van der Waals surface area contributed by atoms with Gasteiger partial charge in [-0.2, -0.15) is 0 Å². The van der Waals surface area contributed by atoms with Gasteiger partial charge in [0.2, 0.25) is 0 Å². The lowest BCUT2D eigenvalue weighted by Crippen LogP contribution is -1.78. The van der Waals surface area contributed by atoms with Gasteiger partial charge in [0.15, 0.2) is 0 Å². The van der Waals surface area contributed by atoms with Gasteiger partial charge < -0.3 is 9.90 Å². The first kappa shape index (κ1) is 10.4. The number of hydrogen-bond acceptors (Lipinski definition) is 2. The average molecular weight is 132 g/mol. The van der Waals surface area contributed by atoms with Crippen molar-refractivity contribution >= 4 is 15.7 Å². The summed E-state index contributed by atoms with van der Waals surface area (Å²) in [6, 6.07) is 0. The Balaban J connectivity index is 0. The summed E-state index contributed by atoms with van der Waals surface area (Å²) in [6.45, 7) is 4.32. The highest BCUT2D eigenvalue weighted by Crippen LogP contribution is 1.42. The van der Waals surface area contributed by atoms with Gasteiger partial charge in [0.1, 0.15) is 0 Å². The lowest BCUT2D eigenvalue weighted by molar-refractivity contribution is -0.134. The molecule has 0 aliphatic rings. The Morgan fingerprint density at radius 2 is 2.00 bits per heavy atom. The van der Waals surface area contributed by atoms with Crippen LogP contribution in [0, 0.1) is 0 Å². The van der Waals surface area contributed by atoms with Crippen LogP contribution in [0.1, 0.15) is 6.92 Å². The number of carboxylic acid groups (broad SMARTS) is 1. The average Bonchev–Trinajstić information content (AvgIpc) is 1.65. The normalized spacial score (nSPS) is 6.25. The Hall–Kier alpha value is -0.613. The van der Waals surface area contributed by atoms with E-state index in [2.05, 4.69) is 6.58 Å². The number of hydrogen-bond donors (Lipinski definition) is 2. The van der Waals surface area contributed by atoms with Gasteiger partial charge in [0, 0.05) is 6.92 Å². The summed E-state index contributed by atoms with van der Waals surface area (Å²) >= 11 is 0. The van der Waals surface area contributed by atoms with Crippen molar-refractivity contribution in [3.8, 4) is 0 Å². The van der Waals surface area contributed by atoms with Crippen molar-refractivity contribution in [1.82, 2.24) is 0 Å². The van der Waals surface area contributed by atoms with Gasteiger partial charge in [0.05, 0.1) is 0 Å². The fourth-order valence-corrected chi connectivity index (χ4v) is 0. The van der Waals surface area contributed by atoms with E-state index in [0.29, 0.717) is 0 Å². The summed E-state index contributed by atoms with van der Waals surface area (Å²) in [5.41, 5.74) is 1.46. The van der Waals surface area contributed by atoms with Crippen LogP contribution in [-0.2, 0) is 4.79 Å². The monoisotopic (exact) mass is 132 g/mol. The van der Waals surface area contributed by atoms with E-state index < -0.39 is 5.97 Å². The van der Waals surface area contributed by atoms with Crippen LogP contribution >= 0.6 is 0 Å². The molecule has 2 radical (unpaired) electrons. The van der Waals surface area contributed by atoms with E-state index in [1.165, 1.54) is 5.70 Å². The van der Waals surface area contributed by atoms with Gasteiger partial charge in [0.25, 0.3) is 15.7 Å². The molecule has 0 saturated heterocycles. The minimum absolute atomic E-state index is 0.0957. The molecule has 2 N–H and O–H groups in total. The molecule has 0 aromatic heterocycles. The highest BCUT2D eigenvalue weighted by Gasteiger charge is 1.65. The zero-order chi connectivity index (χ0) is 6.99. The van der Waals surface area contributed by atoms with Crippen molar-refractivity contribution in [2.45, 2.75) is 6.92 Å². The maximum absolute atomic E-state index is 9.00. The molecule has 0 unspecified atom stereocenters. The van der Waals surface area contributed by atoms with Crippen molar-refractivity contribution in [1.29, 1.82) is 0 Å². The molecule has 0 rings (SSSR count). The van der Waals surface area contributed by atoms with E-state index >= 15 is 0 Å². The van der Waals surface area contributed by atoms with Gasteiger partial charge in [-0.1, -0.05) is 5.70 Å². The van der Waals surface area contributed by atoms with Gasteiger partial charge in [-0.05, 0) is 0 Å². The van der Waals surface area contributed by atoms with Crippen LogP contribution in [0.2, 0.25) is 0 Å². The van der Waals surface area contributed by atoms with Gasteiger partial charge >= 0.3 is 0 Å². The molecule has 0 spiro atoms. The van der Waals surface area contributed by atoms with Crippen LogP contribution < -0.4 is 0 Å². The molecule has 4 heteroatoms. The maximum atomic E-state index is 9.00. The predicted octanol–water partition coefficient (Wildman–Crippen LogP) is -0.168. The lowest BCUT2D eigenvalue weighted by Gasteiger charge is -1.59. The SMILES string of the molecule is C=C[Si]O.CC(=O)O. The van der Waals surface area contributed by atoms with E-state index in [0.717, 1.165) is 6.92 Å². The van der Waals surface area contributed by atoms with Gasteiger partial charge in [-0.25, -0.2) is 0 Å². The smallest absolute Gasteiger partial charge is 0.300 e. The summed E-state index contributed by atoms with van der Waals surface area (Å²) in [4.78, 5) is 16.8.